The van der Waals surface area contributed by atoms with Gasteiger partial charge in [-0.3, -0.25) is 14.4 Å². The van der Waals surface area contributed by atoms with Crippen LogP contribution in [-0.4, -0.2) is 48.0 Å². The van der Waals surface area contributed by atoms with Crippen LogP contribution in [0.1, 0.15) is 44.2 Å². The molecule has 0 spiro atoms. The number of hydrogen-bond donors (Lipinski definition) is 3. The molecule has 10 heteroatoms. The monoisotopic (exact) mass is 428 g/mol. The van der Waals surface area contributed by atoms with Crippen molar-refractivity contribution in [2.75, 3.05) is 24.7 Å². The summed E-state index contributed by atoms with van der Waals surface area (Å²) in [6.45, 7) is 0.474. The van der Waals surface area contributed by atoms with E-state index in [1.165, 1.54) is 24.9 Å². The zero-order valence-corrected chi connectivity index (χ0v) is 17.0. The van der Waals surface area contributed by atoms with Gasteiger partial charge >= 0.3 is 6.03 Å². The van der Waals surface area contributed by atoms with E-state index in [1.807, 2.05) is 18.2 Å². The molecule has 0 fully saturated rings. The summed E-state index contributed by atoms with van der Waals surface area (Å²) in [4.78, 5) is 48.7. The standard InChI is InChI=1S/C20H20N4O5S/c1-21-19(27)16-15-17(26)14(11-13(25)18(15)29-24-16)30-10-6-5-9-22-20(28)23-12-7-3-2-4-8-12/h2-4,7-8,11H,5-6,9-10H2,1H3,(H,21,27)(H2,22,23,28). The van der Waals surface area contributed by atoms with Crippen LogP contribution in [0.4, 0.5) is 10.5 Å². The Balaban J connectivity index is 1.44. The van der Waals surface area contributed by atoms with E-state index in [0.29, 0.717) is 30.8 Å². The van der Waals surface area contributed by atoms with Gasteiger partial charge in [0.15, 0.2) is 5.69 Å². The summed E-state index contributed by atoms with van der Waals surface area (Å²) < 4.78 is 4.88. The highest BCUT2D eigenvalue weighted by molar-refractivity contribution is 8.04. The molecule has 1 heterocycles. The predicted octanol–water partition coefficient (Wildman–Crippen LogP) is 2.63. The normalized spacial score (nSPS) is 12.8. The first-order valence-corrected chi connectivity index (χ1v) is 10.2. The van der Waals surface area contributed by atoms with E-state index < -0.39 is 17.5 Å². The average Bonchev–Trinajstić information content (AvgIpc) is 3.20. The zero-order chi connectivity index (χ0) is 21.5. The molecule has 0 radical (unpaired) electrons. The van der Waals surface area contributed by atoms with E-state index in [4.69, 9.17) is 4.52 Å². The number of ketones is 2. The second-order valence-corrected chi connectivity index (χ2v) is 7.46. The van der Waals surface area contributed by atoms with Crippen molar-refractivity contribution in [3.05, 3.63) is 58.3 Å². The molecule has 0 aliphatic heterocycles. The maximum absolute atomic E-state index is 12.7. The lowest BCUT2D eigenvalue weighted by atomic mass is 10.00. The van der Waals surface area contributed by atoms with Crippen LogP contribution in [0.2, 0.25) is 0 Å². The van der Waals surface area contributed by atoms with E-state index in [0.717, 1.165) is 0 Å². The number of allylic oxidation sites excluding steroid dienone is 2. The number of unbranched alkanes of at least 4 members (excludes halogenated alkanes) is 1. The number of fused-ring (bicyclic) bond motifs is 1. The Labute approximate surface area is 176 Å². The average molecular weight is 428 g/mol. The van der Waals surface area contributed by atoms with Gasteiger partial charge in [-0.05, 0) is 30.7 Å². The van der Waals surface area contributed by atoms with Gasteiger partial charge in [-0.15, -0.1) is 11.8 Å². The Kier molecular flexibility index (Phi) is 7.02. The maximum atomic E-state index is 12.7. The van der Waals surface area contributed by atoms with E-state index in [-0.39, 0.29) is 28.0 Å². The van der Waals surface area contributed by atoms with Crippen molar-refractivity contribution in [1.29, 1.82) is 0 Å². The highest BCUT2D eigenvalue weighted by Gasteiger charge is 2.35. The molecule has 0 unspecified atom stereocenters. The number of nitrogens with zero attached hydrogens (tertiary/aromatic N) is 1. The molecule has 1 aromatic heterocycles. The van der Waals surface area contributed by atoms with Gasteiger partial charge in [0.05, 0.1) is 4.91 Å². The Morgan fingerprint density at radius 3 is 2.63 bits per heavy atom. The minimum atomic E-state index is -0.591. The Hall–Kier alpha value is -3.40. The van der Waals surface area contributed by atoms with E-state index in [9.17, 15) is 19.2 Å². The molecule has 156 valence electrons. The lowest BCUT2D eigenvalue weighted by Gasteiger charge is -2.11. The predicted molar refractivity (Wildman–Crippen MR) is 112 cm³/mol. The third-order valence-electron chi connectivity index (χ3n) is 4.22. The largest absolute Gasteiger partial charge is 0.354 e. The molecule has 1 aliphatic rings. The number of para-hydroxylation sites is 1. The molecule has 0 bridgehead atoms. The summed E-state index contributed by atoms with van der Waals surface area (Å²) >= 11 is 1.23. The molecular formula is C20H20N4O5S. The first-order valence-electron chi connectivity index (χ1n) is 9.26. The number of nitrogens with one attached hydrogen (secondary N) is 3. The van der Waals surface area contributed by atoms with Crippen LogP contribution >= 0.6 is 11.8 Å². The number of urea groups is 1. The molecule has 2 aromatic rings. The van der Waals surface area contributed by atoms with Gasteiger partial charge in [-0.1, -0.05) is 23.4 Å². The summed E-state index contributed by atoms with van der Waals surface area (Å²) in [5.41, 5.74) is 0.427. The number of carbonyl (C=O) groups is 4. The molecule has 0 saturated heterocycles. The number of thioether (sulfide) groups is 1. The van der Waals surface area contributed by atoms with Crippen LogP contribution in [0, 0.1) is 0 Å². The van der Waals surface area contributed by atoms with Crippen molar-refractivity contribution < 1.29 is 23.7 Å². The second kappa shape index (κ2) is 9.88. The molecule has 1 aliphatic carbocycles. The maximum Gasteiger partial charge on any atom is 0.319 e. The molecule has 3 amide bonds. The molecule has 1 aromatic carbocycles. The van der Waals surface area contributed by atoms with Gasteiger partial charge in [0, 0.05) is 25.4 Å². The third-order valence-corrected chi connectivity index (χ3v) is 5.32. The molecule has 9 nitrogen and oxygen atoms in total. The third kappa shape index (κ3) is 4.95. The van der Waals surface area contributed by atoms with Gasteiger partial charge in [0.1, 0.15) is 5.56 Å². The number of amides is 3. The summed E-state index contributed by atoms with van der Waals surface area (Å²) in [5.74, 6) is -1.17. The fraction of sp³-hybridized carbons (Fsp3) is 0.250. The Bertz CT molecular complexity index is 1000. The summed E-state index contributed by atoms with van der Waals surface area (Å²) in [6.07, 6.45) is 2.63. The summed E-state index contributed by atoms with van der Waals surface area (Å²) in [5, 5.41) is 11.4. The SMILES string of the molecule is CNC(=O)c1noc2c1C(=O)C(SCCCCNC(=O)Nc1ccccc1)=CC2=O. The van der Waals surface area contributed by atoms with Crippen LogP contribution in [0.25, 0.3) is 0 Å². The summed E-state index contributed by atoms with van der Waals surface area (Å²) in [6, 6.07) is 8.83. The Morgan fingerprint density at radius 2 is 1.90 bits per heavy atom. The lowest BCUT2D eigenvalue weighted by molar-refractivity contribution is 0.0944. The van der Waals surface area contributed by atoms with Gasteiger partial charge in [0.2, 0.25) is 17.3 Å². The number of benzene rings is 1. The fourth-order valence-corrected chi connectivity index (χ4v) is 3.72. The van der Waals surface area contributed by atoms with Gasteiger partial charge in [-0.25, -0.2) is 4.79 Å². The number of Topliss-reactive ketones (excluding diaryl/α,β-unsaturated/α-hetero) is 1. The number of hydrogen-bond acceptors (Lipinski definition) is 7. The van der Waals surface area contributed by atoms with Crippen molar-refractivity contribution in [2.45, 2.75) is 12.8 Å². The van der Waals surface area contributed by atoms with Gasteiger partial charge in [0.25, 0.3) is 5.91 Å². The number of aromatic nitrogens is 1. The smallest absolute Gasteiger partial charge is 0.319 e. The summed E-state index contributed by atoms with van der Waals surface area (Å²) in [7, 11) is 1.40. The van der Waals surface area contributed by atoms with Crippen LogP contribution in [0.15, 0.2) is 45.8 Å². The van der Waals surface area contributed by atoms with Crippen molar-refractivity contribution >= 4 is 41.0 Å². The first-order chi connectivity index (χ1) is 14.5. The van der Waals surface area contributed by atoms with E-state index in [1.54, 1.807) is 12.1 Å². The van der Waals surface area contributed by atoms with Crippen molar-refractivity contribution in [1.82, 2.24) is 15.8 Å². The van der Waals surface area contributed by atoms with E-state index >= 15 is 0 Å². The van der Waals surface area contributed by atoms with Gasteiger partial charge in [-0.2, -0.15) is 0 Å². The number of rotatable bonds is 8. The van der Waals surface area contributed by atoms with Crippen molar-refractivity contribution in [2.24, 2.45) is 0 Å². The molecule has 30 heavy (non-hydrogen) atoms. The fourth-order valence-electron chi connectivity index (χ4n) is 2.73. The molecular weight excluding hydrogens is 408 g/mol. The van der Waals surface area contributed by atoms with Crippen molar-refractivity contribution in [3.8, 4) is 0 Å². The molecule has 3 rings (SSSR count). The van der Waals surface area contributed by atoms with Crippen LogP contribution in [0.5, 0.6) is 0 Å². The molecule has 0 atom stereocenters. The number of anilines is 1. The zero-order valence-electron chi connectivity index (χ0n) is 16.2. The lowest BCUT2D eigenvalue weighted by Crippen LogP contribution is -2.29. The second-order valence-electron chi connectivity index (χ2n) is 6.32. The van der Waals surface area contributed by atoms with Crippen LogP contribution in [-0.2, 0) is 0 Å². The minimum Gasteiger partial charge on any atom is -0.354 e. The Morgan fingerprint density at radius 1 is 1.13 bits per heavy atom. The van der Waals surface area contributed by atoms with Crippen molar-refractivity contribution in [3.63, 3.8) is 0 Å². The van der Waals surface area contributed by atoms with Crippen LogP contribution in [0.3, 0.4) is 0 Å². The van der Waals surface area contributed by atoms with Crippen LogP contribution < -0.4 is 16.0 Å². The minimum absolute atomic E-state index is 0.0939. The van der Waals surface area contributed by atoms with Gasteiger partial charge < -0.3 is 20.5 Å². The topological polar surface area (TPSA) is 130 Å². The number of carbonyl (C=O) groups excluding carboxylic acids is 4. The molecule has 3 N–H and O–H groups in total. The highest BCUT2D eigenvalue weighted by Crippen LogP contribution is 2.30. The van der Waals surface area contributed by atoms with E-state index in [2.05, 4.69) is 21.1 Å². The quantitative estimate of drug-likeness (QED) is 0.551. The first kappa shape index (κ1) is 21.3. The highest BCUT2D eigenvalue weighted by atomic mass is 32.2. The molecule has 0 saturated carbocycles.